The Morgan fingerprint density at radius 1 is 1.11 bits per heavy atom. The summed E-state index contributed by atoms with van der Waals surface area (Å²) in [7, 11) is 1.55. The minimum absolute atomic E-state index is 0.0176. The lowest BCUT2D eigenvalue weighted by molar-refractivity contribution is -0.132. The number of ketones is 1. The zero-order valence-corrected chi connectivity index (χ0v) is 16.6. The number of benzene rings is 1. The largest absolute Gasteiger partial charge is 0.493 e. The molecule has 0 saturated carbocycles. The summed E-state index contributed by atoms with van der Waals surface area (Å²) >= 11 is 0. The summed E-state index contributed by atoms with van der Waals surface area (Å²) in [6.07, 6.45) is 7.30. The Balaban J connectivity index is 1.41. The maximum Gasteiger partial charge on any atom is 0.222 e. The number of rotatable bonds is 8. The Bertz CT molecular complexity index is 793. The van der Waals surface area contributed by atoms with Crippen LogP contribution < -0.4 is 9.47 Å². The topological polar surface area (TPSA) is 60.8 Å². The van der Waals surface area contributed by atoms with Crippen LogP contribution >= 0.6 is 0 Å². The van der Waals surface area contributed by atoms with Gasteiger partial charge in [-0.3, -0.25) is 9.59 Å². The zero-order chi connectivity index (χ0) is 19.9. The van der Waals surface area contributed by atoms with Crippen LogP contribution in [0.3, 0.4) is 0 Å². The molecule has 1 aromatic heterocycles. The number of hydrogen-bond acceptors (Lipinski definition) is 4. The highest BCUT2D eigenvalue weighted by molar-refractivity contribution is 5.94. The fourth-order valence-corrected chi connectivity index (χ4v) is 3.57. The summed E-state index contributed by atoms with van der Waals surface area (Å²) in [6.45, 7) is 3.56. The number of nitrogens with zero attached hydrogens (tertiary/aromatic N) is 2. The number of amides is 1. The second-order valence-corrected chi connectivity index (χ2v) is 7.12. The second-order valence-electron chi connectivity index (χ2n) is 7.12. The molecule has 2 aromatic rings. The number of likely N-dealkylation sites (tertiary alicyclic amines) is 1. The molecule has 1 saturated heterocycles. The van der Waals surface area contributed by atoms with Crippen LogP contribution in [0.2, 0.25) is 0 Å². The van der Waals surface area contributed by atoms with E-state index in [2.05, 4.69) is 17.0 Å². The van der Waals surface area contributed by atoms with E-state index in [9.17, 15) is 9.59 Å². The van der Waals surface area contributed by atoms with Crippen molar-refractivity contribution in [1.29, 1.82) is 0 Å². The highest BCUT2D eigenvalue weighted by atomic mass is 16.5. The Morgan fingerprint density at radius 3 is 2.46 bits per heavy atom. The molecule has 3 rings (SSSR count). The third kappa shape index (κ3) is 4.94. The molecule has 0 spiro atoms. The normalized spacial score (nSPS) is 14.7. The number of methoxy groups -OCH3 is 1. The Hall–Kier alpha value is -2.76. The molecule has 1 fully saturated rings. The number of carbonyl (C=O) groups excluding carboxylic acids is 2. The molecule has 28 heavy (non-hydrogen) atoms. The molecule has 1 aliphatic rings. The smallest absolute Gasteiger partial charge is 0.222 e. The molecule has 2 heterocycles. The van der Waals surface area contributed by atoms with Crippen molar-refractivity contribution in [2.75, 3.05) is 26.8 Å². The van der Waals surface area contributed by atoms with Gasteiger partial charge in [0, 0.05) is 43.5 Å². The predicted octanol–water partition coefficient (Wildman–Crippen LogP) is 3.72. The molecule has 0 radical (unpaired) electrons. The third-order valence-electron chi connectivity index (χ3n) is 5.23. The van der Waals surface area contributed by atoms with Gasteiger partial charge >= 0.3 is 0 Å². The van der Waals surface area contributed by atoms with Crippen LogP contribution in [0.15, 0.2) is 42.7 Å². The second kappa shape index (κ2) is 9.44. The number of Topliss-reactive ketones (excluding diaryl/α,β-unsaturated/α-hetero) is 1. The Morgan fingerprint density at radius 2 is 1.82 bits per heavy atom. The average Bonchev–Trinajstić information content (AvgIpc) is 3.26. The van der Waals surface area contributed by atoms with E-state index in [0.717, 1.165) is 25.9 Å². The first-order chi connectivity index (χ1) is 13.6. The van der Waals surface area contributed by atoms with E-state index in [1.165, 1.54) is 6.92 Å². The zero-order valence-electron chi connectivity index (χ0n) is 16.6. The van der Waals surface area contributed by atoms with Crippen molar-refractivity contribution >= 4 is 11.7 Å². The molecular formula is C22H28N2O4. The van der Waals surface area contributed by atoms with Gasteiger partial charge in [0.1, 0.15) is 0 Å². The highest BCUT2D eigenvalue weighted by Crippen LogP contribution is 2.28. The van der Waals surface area contributed by atoms with Gasteiger partial charge in [0.05, 0.1) is 13.7 Å². The van der Waals surface area contributed by atoms with Crippen molar-refractivity contribution in [3.05, 3.63) is 48.3 Å². The first-order valence-electron chi connectivity index (χ1n) is 9.80. The molecular weight excluding hydrogens is 356 g/mol. The first-order valence-corrected chi connectivity index (χ1v) is 9.80. The molecule has 0 atom stereocenters. The number of aromatic nitrogens is 1. The molecule has 1 aromatic carbocycles. The fourth-order valence-electron chi connectivity index (χ4n) is 3.57. The molecule has 1 aliphatic heterocycles. The fraction of sp³-hybridized carbons (Fsp3) is 0.455. The van der Waals surface area contributed by atoms with Gasteiger partial charge in [-0.2, -0.15) is 0 Å². The number of ether oxygens (including phenoxy) is 2. The molecule has 0 bridgehead atoms. The Labute approximate surface area is 166 Å². The monoisotopic (exact) mass is 384 g/mol. The standard InChI is InChI=1S/C22H28N2O4/c1-17(25)18-7-8-20(21(16-18)27-2)28-15-5-6-22(26)24-13-9-19(10-14-24)23-11-3-4-12-23/h3-4,7-8,11-12,16,19H,5-6,9-10,13-15H2,1-2H3. The lowest BCUT2D eigenvalue weighted by Crippen LogP contribution is -2.38. The highest BCUT2D eigenvalue weighted by Gasteiger charge is 2.23. The lowest BCUT2D eigenvalue weighted by Gasteiger charge is -2.33. The number of carbonyl (C=O) groups is 2. The van der Waals surface area contributed by atoms with Gasteiger partial charge in [0.2, 0.25) is 5.91 Å². The van der Waals surface area contributed by atoms with E-state index >= 15 is 0 Å². The lowest BCUT2D eigenvalue weighted by atomic mass is 10.0. The molecule has 0 aliphatic carbocycles. The van der Waals surface area contributed by atoms with Crippen LogP contribution in [0.4, 0.5) is 0 Å². The maximum absolute atomic E-state index is 12.4. The van der Waals surface area contributed by atoms with Crippen molar-refractivity contribution in [3.63, 3.8) is 0 Å². The van der Waals surface area contributed by atoms with Crippen LogP contribution in [0.25, 0.3) is 0 Å². The van der Waals surface area contributed by atoms with Crippen molar-refractivity contribution in [3.8, 4) is 11.5 Å². The van der Waals surface area contributed by atoms with Gasteiger partial charge < -0.3 is 18.9 Å². The van der Waals surface area contributed by atoms with Crippen LogP contribution in [0.5, 0.6) is 11.5 Å². The molecule has 1 amide bonds. The Kier molecular flexibility index (Phi) is 6.74. The molecule has 0 unspecified atom stereocenters. The van der Waals surface area contributed by atoms with Gasteiger partial charge in [-0.05, 0) is 56.5 Å². The SMILES string of the molecule is COc1cc(C(C)=O)ccc1OCCCC(=O)N1CCC(n2cccc2)CC1. The van der Waals surface area contributed by atoms with Crippen LogP contribution in [-0.4, -0.2) is 48.0 Å². The van der Waals surface area contributed by atoms with Crippen molar-refractivity contribution in [2.24, 2.45) is 0 Å². The minimum Gasteiger partial charge on any atom is -0.493 e. The summed E-state index contributed by atoms with van der Waals surface area (Å²) in [5.41, 5.74) is 0.586. The van der Waals surface area contributed by atoms with Crippen LogP contribution in [0, 0.1) is 0 Å². The van der Waals surface area contributed by atoms with Crippen molar-refractivity contribution < 1.29 is 19.1 Å². The summed E-state index contributed by atoms with van der Waals surface area (Å²) in [6, 6.07) is 9.72. The molecule has 150 valence electrons. The third-order valence-corrected chi connectivity index (χ3v) is 5.23. The van der Waals surface area contributed by atoms with Gasteiger partial charge in [-0.15, -0.1) is 0 Å². The van der Waals surface area contributed by atoms with Crippen LogP contribution in [-0.2, 0) is 4.79 Å². The van der Waals surface area contributed by atoms with Crippen molar-refractivity contribution in [2.45, 2.75) is 38.6 Å². The van der Waals surface area contributed by atoms with Crippen molar-refractivity contribution in [1.82, 2.24) is 9.47 Å². The number of hydrogen-bond donors (Lipinski definition) is 0. The summed E-state index contributed by atoms with van der Waals surface area (Å²) in [5.74, 6) is 1.29. The average molecular weight is 384 g/mol. The quantitative estimate of drug-likeness (QED) is 0.514. The van der Waals surface area contributed by atoms with Gasteiger partial charge in [-0.25, -0.2) is 0 Å². The molecule has 0 N–H and O–H groups in total. The minimum atomic E-state index is -0.0176. The van der Waals surface area contributed by atoms with Gasteiger partial charge in [0.15, 0.2) is 17.3 Å². The number of piperidine rings is 1. The molecule has 6 heteroatoms. The van der Waals surface area contributed by atoms with Gasteiger partial charge in [-0.1, -0.05) is 0 Å². The maximum atomic E-state index is 12.4. The summed E-state index contributed by atoms with van der Waals surface area (Å²) < 4.78 is 13.3. The van der Waals surface area contributed by atoms with E-state index in [1.54, 1.807) is 25.3 Å². The molecule has 6 nitrogen and oxygen atoms in total. The van der Waals surface area contributed by atoms with E-state index < -0.39 is 0 Å². The van der Waals surface area contributed by atoms with E-state index in [0.29, 0.717) is 42.6 Å². The summed E-state index contributed by atoms with van der Waals surface area (Å²) in [5, 5.41) is 0. The van der Waals surface area contributed by atoms with E-state index in [-0.39, 0.29) is 11.7 Å². The predicted molar refractivity (Wildman–Crippen MR) is 107 cm³/mol. The van der Waals surface area contributed by atoms with Crippen LogP contribution in [0.1, 0.15) is 49.0 Å². The van der Waals surface area contributed by atoms with Gasteiger partial charge in [0.25, 0.3) is 0 Å². The first kappa shape index (κ1) is 20.0. The summed E-state index contributed by atoms with van der Waals surface area (Å²) in [4.78, 5) is 25.9. The van der Waals surface area contributed by atoms with E-state index in [4.69, 9.17) is 9.47 Å². The van der Waals surface area contributed by atoms with E-state index in [1.807, 2.05) is 17.0 Å².